The van der Waals surface area contributed by atoms with E-state index in [1.807, 2.05) is 70.0 Å². The van der Waals surface area contributed by atoms with Gasteiger partial charge < -0.3 is 20.3 Å². The summed E-state index contributed by atoms with van der Waals surface area (Å²) in [6.45, 7) is 8.54. The van der Waals surface area contributed by atoms with Gasteiger partial charge in [-0.1, -0.05) is 18.2 Å². The first-order chi connectivity index (χ1) is 11.2. The number of para-hydroxylation sites is 1. The van der Waals surface area contributed by atoms with E-state index in [1.165, 1.54) is 0 Å². The van der Waals surface area contributed by atoms with E-state index in [1.54, 1.807) is 0 Å². The number of anilines is 1. The summed E-state index contributed by atoms with van der Waals surface area (Å²) in [6, 6.07) is 9.48. The molecule has 2 N–H and O–H groups in total. The molecule has 6 heteroatoms. The second kappa shape index (κ2) is 9.27. The fourth-order valence-corrected chi connectivity index (χ4v) is 1.94. The van der Waals surface area contributed by atoms with E-state index in [2.05, 4.69) is 10.6 Å². The van der Waals surface area contributed by atoms with Gasteiger partial charge in [0, 0.05) is 31.2 Å². The van der Waals surface area contributed by atoms with E-state index in [0.29, 0.717) is 19.5 Å². The first-order valence-electron chi connectivity index (χ1n) is 8.19. The van der Waals surface area contributed by atoms with Gasteiger partial charge in [0.1, 0.15) is 5.60 Å². The highest BCUT2D eigenvalue weighted by molar-refractivity contribution is 5.90. The first-order valence-corrected chi connectivity index (χ1v) is 8.19. The Labute approximate surface area is 144 Å². The van der Waals surface area contributed by atoms with Crippen molar-refractivity contribution in [1.29, 1.82) is 0 Å². The maximum absolute atomic E-state index is 11.9. The third kappa shape index (κ3) is 8.53. The molecular weight excluding hydrogens is 306 g/mol. The average molecular weight is 335 g/mol. The average Bonchev–Trinajstić information content (AvgIpc) is 2.49. The van der Waals surface area contributed by atoms with Crippen molar-refractivity contribution in [2.24, 2.45) is 0 Å². The number of nitrogens with zero attached hydrogens (tertiary/aromatic N) is 1. The van der Waals surface area contributed by atoms with E-state index in [-0.39, 0.29) is 11.9 Å². The molecule has 0 aliphatic heterocycles. The number of hydrogen-bond donors (Lipinski definition) is 2. The van der Waals surface area contributed by atoms with Gasteiger partial charge in [0.05, 0.1) is 0 Å². The lowest BCUT2D eigenvalue weighted by atomic mass is 10.2. The Morgan fingerprint density at radius 1 is 1.21 bits per heavy atom. The molecule has 1 atom stereocenters. The number of benzene rings is 1. The van der Waals surface area contributed by atoms with Crippen molar-refractivity contribution in [3.05, 3.63) is 30.3 Å². The molecule has 6 nitrogen and oxygen atoms in total. The van der Waals surface area contributed by atoms with Crippen LogP contribution < -0.4 is 10.6 Å². The van der Waals surface area contributed by atoms with Gasteiger partial charge in [-0.3, -0.25) is 4.79 Å². The molecule has 0 radical (unpaired) electrons. The van der Waals surface area contributed by atoms with Crippen molar-refractivity contribution in [1.82, 2.24) is 10.2 Å². The molecular formula is C18H29N3O3. The van der Waals surface area contributed by atoms with Crippen LogP contribution in [0.4, 0.5) is 10.5 Å². The van der Waals surface area contributed by atoms with Gasteiger partial charge >= 0.3 is 6.09 Å². The monoisotopic (exact) mass is 335 g/mol. The maximum Gasteiger partial charge on any atom is 0.407 e. The summed E-state index contributed by atoms with van der Waals surface area (Å²) in [7, 11) is 1.93. The van der Waals surface area contributed by atoms with Crippen LogP contribution in [0.15, 0.2) is 30.3 Å². The Hall–Kier alpha value is -2.08. The van der Waals surface area contributed by atoms with E-state index in [4.69, 9.17) is 4.74 Å². The van der Waals surface area contributed by atoms with Crippen LogP contribution in [0.1, 0.15) is 34.1 Å². The predicted molar refractivity (Wildman–Crippen MR) is 96.0 cm³/mol. The normalized spacial score (nSPS) is 12.6. The number of amides is 2. The SMILES string of the molecule is CC(CNC(=O)OC(C)(C)C)N(C)CCC(=O)Nc1ccccc1. The number of carbonyl (C=O) groups excluding carboxylic acids is 2. The highest BCUT2D eigenvalue weighted by atomic mass is 16.6. The highest BCUT2D eigenvalue weighted by Gasteiger charge is 2.17. The Balaban J connectivity index is 2.27. The molecule has 134 valence electrons. The summed E-state index contributed by atoms with van der Waals surface area (Å²) >= 11 is 0. The van der Waals surface area contributed by atoms with Crippen LogP contribution >= 0.6 is 0 Å². The van der Waals surface area contributed by atoms with Crippen LogP contribution in [0, 0.1) is 0 Å². The van der Waals surface area contributed by atoms with Gasteiger partial charge in [-0.25, -0.2) is 4.79 Å². The van der Waals surface area contributed by atoms with Crippen LogP contribution in [-0.4, -0.2) is 48.7 Å². The number of nitrogens with one attached hydrogen (secondary N) is 2. The number of ether oxygens (including phenoxy) is 1. The molecule has 1 aromatic carbocycles. The predicted octanol–water partition coefficient (Wildman–Crippen LogP) is 2.86. The topological polar surface area (TPSA) is 70.7 Å². The number of rotatable bonds is 7. The molecule has 0 aliphatic rings. The Bertz CT molecular complexity index is 526. The van der Waals surface area contributed by atoms with E-state index < -0.39 is 11.7 Å². The van der Waals surface area contributed by atoms with Crippen LogP contribution in [0.5, 0.6) is 0 Å². The smallest absolute Gasteiger partial charge is 0.407 e. The fourth-order valence-electron chi connectivity index (χ4n) is 1.94. The molecule has 0 spiro atoms. The van der Waals surface area contributed by atoms with Crippen molar-refractivity contribution >= 4 is 17.7 Å². The zero-order valence-electron chi connectivity index (χ0n) is 15.3. The van der Waals surface area contributed by atoms with E-state index >= 15 is 0 Å². The molecule has 0 aliphatic carbocycles. The minimum Gasteiger partial charge on any atom is -0.444 e. The molecule has 0 fully saturated rings. The molecule has 1 rings (SSSR count). The zero-order valence-corrected chi connectivity index (χ0v) is 15.3. The van der Waals surface area contributed by atoms with Crippen molar-refractivity contribution in [2.75, 3.05) is 25.5 Å². The molecule has 1 aromatic rings. The number of carbonyl (C=O) groups is 2. The van der Waals surface area contributed by atoms with Crippen molar-refractivity contribution < 1.29 is 14.3 Å². The van der Waals surface area contributed by atoms with Gasteiger partial charge in [-0.05, 0) is 46.9 Å². The van der Waals surface area contributed by atoms with Gasteiger partial charge in [0.2, 0.25) is 5.91 Å². The molecule has 0 aromatic heterocycles. The van der Waals surface area contributed by atoms with Gasteiger partial charge in [-0.15, -0.1) is 0 Å². The highest BCUT2D eigenvalue weighted by Crippen LogP contribution is 2.07. The molecule has 2 amide bonds. The second-order valence-electron chi connectivity index (χ2n) is 6.88. The van der Waals surface area contributed by atoms with E-state index in [0.717, 1.165) is 5.69 Å². The lowest BCUT2D eigenvalue weighted by Gasteiger charge is -2.26. The van der Waals surface area contributed by atoms with Gasteiger partial charge in [0.15, 0.2) is 0 Å². The van der Waals surface area contributed by atoms with Gasteiger partial charge in [0.25, 0.3) is 0 Å². The summed E-state index contributed by atoms with van der Waals surface area (Å²) in [4.78, 5) is 25.6. The lowest BCUT2D eigenvalue weighted by molar-refractivity contribution is -0.116. The summed E-state index contributed by atoms with van der Waals surface area (Å²) < 4.78 is 5.20. The summed E-state index contributed by atoms with van der Waals surface area (Å²) in [5.74, 6) is -0.0275. The Morgan fingerprint density at radius 2 is 1.83 bits per heavy atom. The van der Waals surface area contributed by atoms with Crippen LogP contribution in [0.2, 0.25) is 0 Å². The molecule has 0 saturated heterocycles. The number of likely N-dealkylation sites (N-methyl/N-ethyl adjacent to an activating group) is 1. The van der Waals surface area contributed by atoms with Crippen LogP contribution in [0.3, 0.4) is 0 Å². The van der Waals surface area contributed by atoms with Crippen molar-refractivity contribution in [2.45, 2.75) is 45.8 Å². The third-order valence-electron chi connectivity index (χ3n) is 3.44. The second-order valence-corrected chi connectivity index (χ2v) is 6.88. The largest absolute Gasteiger partial charge is 0.444 e. The quantitative estimate of drug-likeness (QED) is 0.804. The molecule has 24 heavy (non-hydrogen) atoms. The van der Waals surface area contributed by atoms with Gasteiger partial charge in [-0.2, -0.15) is 0 Å². The maximum atomic E-state index is 11.9. The molecule has 0 bridgehead atoms. The van der Waals surface area contributed by atoms with Crippen molar-refractivity contribution in [3.8, 4) is 0 Å². The lowest BCUT2D eigenvalue weighted by Crippen LogP contribution is -2.42. The third-order valence-corrected chi connectivity index (χ3v) is 3.44. The molecule has 0 heterocycles. The molecule has 0 saturated carbocycles. The number of hydrogen-bond acceptors (Lipinski definition) is 4. The van der Waals surface area contributed by atoms with E-state index in [9.17, 15) is 9.59 Å². The minimum absolute atomic E-state index is 0.0275. The van der Waals surface area contributed by atoms with Crippen LogP contribution in [0.25, 0.3) is 0 Å². The van der Waals surface area contributed by atoms with Crippen LogP contribution in [-0.2, 0) is 9.53 Å². The summed E-state index contributed by atoms with van der Waals surface area (Å²) in [5, 5.41) is 5.60. The Kier molecular flexibility index (Phi) is 7.71. The standard InChI is InChI=1S/C18H29N3O3/c1-14(13-19-17(23)24-18(2,3)4)21(5)12-11-16(22)20-15-9-7-6-8-10-15/h6-10,14H,11-13H2,1-5H3,(H,19,23)(H,20,22). The van der Waals surface area contributed by atoms with Crippen molar-refractivity contribution in [3.63, 3.8) is 0 Å². The number of alkyl carbamates (subject to hydrolysis) is 1. The minimum atomic E-state index is -0.505. The molecule has 1 unspecified atom stereocenters. The fraction of sp³-hybridized carbons (Fsp3) is 0.556. The first kappa shape index (κ1) is 20.0. The Morgan fingerprint density at radius 3 is 2.42 bits per heavy atom. The summed E-state index contributed by atoms with van der Waals surface area (Å²) in [5.41, 5.74) is 0.291. The summed E-state index contributed by atoms with van der Waals surface area (Å²) in [6.07, 6.45) is -0.0353. The zero-order chi connectivity index (χ0) is 18.2.